The molecule has 4 heteroatoms. The van der Waals surface area contributed by atoms with Crippen molar-refractivity contribution in [3.8, 4) is 0 Å². The van der Waals surface area contributed by atoms with Crippen LogP contribution in [0.4, 0.5) is 0 Å². The van der Waals surface area contributed by atoms with Crippen LogP contribution in [0, 0.1) is 5.41 Å². The second-order valence-corrected chi connectivity index (χ2v) is 2.65. The van der Waals surface area contributed by atoms with Gasteiger partial charge in [-0.15, -0.1) is 0 Å². The fraction of sp³-hybridized carbons (Fsp3) is 0.286. The summed E-state index contributed by atoms with van der Waals surface area (Å²) in [4.78, 5) is 0. The first-order valence-corrected chi connectivity index (χ1v) is 4.00. The maximum absolute atomic E-state index is 7.31. The first-order valence-electron chi connectivity index (χ1n) is 3.21. The van der Waals surface area contributed by atoms with E-state index in [-0.39, 0.29) is 5.90 Å². The third-order valence-corrected chi connectivity index (χ3v) is 1.51. The van der Waals surface area contributed by atoms with Gasteiger partial charge < -0.3 is 9.15 Å². The minimum absolute atomic E-state index is 0.0678. The van der Waals surface area contributed by atoms with Crippen molar-refractivity contribution in [3.63, 3.8) is 0 Å². The van der Waals surface area contributed by atoms with Crippen molar-refractivity contribution >= 4 is 21.8 Å². The topological polar surface area (TPSA) is 46.2 Å². The Balaban J connectivity index is 2.69. The molecule has 0 aliphatic heterocycles. The average Bonchev–Trinajstić information content (AvgIpc) is 2.36. The van der Waals surface area contributed by atoms with E-state index < -0.39 is 0 Å². The fourth-order valence-electron chi connectivity index (χ4n) is 0.652. The summed E-state index contributed by atoms with van der Waals surface area (Å²) in [7, 11) is 0. The molecule has 1 rings (SSSR count). The van der Waals surface area contributed by atoms with Gasteiger partial charge in [-0.3, -0.25) is 5.41 Å². The van der Waals surface area contributed by atoms with Crippen LogP contribution in [0.3, 0.4) is 0 Å². The number of nitrogens with one attached hydrogen (secondary N) is 1. The Morgan fingerprint density at radius 3 is 2.91 bits per heavy atom. The number of hydrogen-bond acceptors (Lipinski definition) is 3. The van der Waals surface area contributed by atoms with Crippen LogP contribution >= 0.6 is 15.9 Å². The van der Waals surface area contributed by atoms with Crippen LogP contribution in [0.25, 0.3) is 0 Å². The quantitative estimate of drug-likeness (QED) is 0.611. The van der Waals surface area contributed by atoms with Crippen LogP contribution in [-0.2, 0) is 4.74 Å². The molecule has 3 nitrogen and oxygen atoms in total. The summed E-state index contributed by atoms with van der Waals surface area (Å²) < 4.78 is 10.6. The third-order valence-electron chi connectivity index (χ3n) is 1.09. The van der Waals surface area contributed by atoms with Crippen molar-refractivity contribution in [1.82, 2.24) is 0 Å². The molecule has 11 heavy (non-hydrogen) atoms. The Labute approximate surface area is 73.0 Å². The SMILES string of the molecule is CCOC(=N)c1ccc(Br)o1. The molecule has 0 saturated carbocycles. The van der Waals surface area contributed by atoms with Gasteiger partial charge >= 0.3 is 0 Å². The van der Waals surface area contributed by atoms with E-state index in [4.69, 9.17) is 14.6 Å². The molecule has 0 aromatic carbocycles. The molecule has 1 N–H and O–H groups in total. The van der Waals surface area contributed by atoms with E-state index in [2.05, 4.69) is 15.9 Å². The summed E-state index contributed by atoms with van der Waals surface area (Å²) >= 11 is 3.13. The molecule has 0 saturated heterocycles. The lowest BCUT2D eigenvalue weighted by Gasteiger charge is -1.99. The van der Waals surface area contributed by atoms with Gasteiger partial charge in [0.1, 0.15) is 0 Å². The minimum atomic E-state index is 0.0678. The smallest absolute Gasteiger partial charge is 0.250 e. The first kappa shape index (κ1) is 8.33. The lowest BCUT2D eigenvalue weighted by Crippen LogP contribution is -2.02. The van der Waals surface area contributed by atoms with Crippen LogP contribution in [0.1, 0.15) is 12.7 Å². The second kappa shape index (κ2) is 3.57. The van der Waals surface area contributed by atoms with Crippen molar-refractivity contribution in [1.29, 1.82) is 5.41 Å². The minimum Gasteiger partial charge on any atom is -0.476 e. The van der Waals surface area contributed by atoms with Gasteiger partial charge in [-0.2, -0.15) is 0 Å². The highest BCUT2D eigenvalue weighted by Gasteiger charge is 2.05. The number of rotatable bonds is 2. The van der Waals surface area contributed by atoms with Crippen molar-refractivity contribution in [3.05, 3.63) is 22.6 Å². The molecule has 0 radical (unpaired) electrons. The predicted molar refractivity (Wildman–Crippen MR) is 44.9 cm³/mol. The molecule has 1 aromatic rings. The van der Waals surface area contributed by atoms with Gasteiger partial charge in [0.2, 0.25) is 5.90 Å². The molecule has 0 amide bonds. The van der Waals surface area contributed by atoms with Crippen molar-refractivity contribution in [2.75, 3.05) is 6.61 Å². The Bertz CT molecular complexity index is 257. The molecular weight excluding hydrogens is 210 g/mol. The van der Waals surface area contributed by atoms with Crippen molar-refractivity contribution < 1.29 is 9.15 Å². The van der Waals surface area contributed by atoms with Gasteiger partial charge in [0.05, 0.1) is 6.61 Å². The molecule has 0 unspecified atom stereocenters. The Morgan fingerprint density at radius 1 is 1.73 bits per heavy atom. The molecular formula is C7H8BrNO2. The van der Waals surface area contributed by atoms with E-state index in [9.17, 15) is 0 Å². The van der Waals surface area contributed by atoms with Crippen molar-refractivity contribution in [2.24, 2.45) is 0 Å². The van der Waals surface area contributed by atoms with Crippen LogP contribution in [0.2, 0.25) is 0 Å². The highest BCUT2D eigenvalue weighted by atomic mass is 79.9. The van der Waals surface area contributed by atoms with Gasteiger partial charge in [-0.1, -0.05) is 0 Å². The number of halogens is 1. The van der Waals surface area contributed by atoms with Gasteiger partial charge in [-0.05, 0) is 35.0 Å². The van der Waals surface area contributed by atoms with Gasteiger partial charge in [-0.25, -0.2) is 0 Å². The lowest BCUT2D eigenvalue weighted by molar-refractivity contribution is 0.315. The van der Waals surface area contributed by atoms with Gasteiger partial charge in [0, 0.05) is 0 Å². The summed E-state index contributed by atoms with van der Waals surface area (Å²) in [6.07, 6.45) is 0. The zero-order chi connectivity index (χ0) is 8.27. The summed E-state index contributed by atoms with van der Waals surface area (Å²) in [6.45, 7) is 2.31. The fourth-order valence-corrected chi connectivity index (χ4v) is 0.958. The lowest BCUT2D eigenvalue weighted by atomic mass is 10.4. The van der Waals surface area contributed by atoms with E-state index in [1.54, 1.807) is 12.1 Å². The molecule has 1 heterocycles. The molecule has 0 fully saturated rings. The zero-order valence-corrected chi connectivity index (χ0v) is 7.64. The maximum atomic E-state index is 7.31. The molecule has 1 aromatic heterocycles. The largest absolute Gasteiger partial charge is 0.476 e. The number of hydrogen-bond donors (Lipinski definition) is 1. The monoisotopic (exact) mass is 217 g/mol. The third kappa shape index (κ3) is 2.08. The van der Waals surface area contributed by atoms with Crippen LogP contribution in [0.5, 0.6) is 0 Å². The Kier molecular flexibility index (Phi) is 2.70. The maximum Gasteiger partial charge on any atom is 0.250 e. The summed E-state index contributed by atoms with van der Waals surface area (Å²) in [5.74, 6) is 0.511. The highest BCUT2D eigenvalue weighted by molar-refractivity contribution is 9.10. The van der Waals surface area contributed by atoms with E-state index in [1.165, 1.54) is 0 Å². The zero-order valence-electron chi connectivity index (χ0n) is 6.06. The van der Waals surface area contributed by atoms with Gasteiger partial charge in [0.15, 0.2) is 10.4 Å². The molecule has 0 spiro atoms. The first-order chi connectivity index (χ1) is 5.24. The molecule has 0 bridgehead atoms. The molecule has 0 aliphatic carbocycles. The highest BCUT2D eigenvalue weighted by Crippen LogP contribution is 2.14. The number of furan rings is 1. The normalized spacial score (nSPS) is 9.64. The van der Waals surface area contributed by atoms with E-state index in [0.29, 0.717) is 17.0 Å². The van der Waals surface area contributed by atoms with Crippen molar-refractivity contribution in [2.45, 2.75) is 6.92 Å². The van der Waals surface area contributed by atoms with Crippen LogP contribution in [-0.4, -0.2) is 12.5 Å². The van der Waals surface area contributed by atoms with E-state index >= 15 is 0 Å². The van der Waals surface area contributed by atoms with E-state index in [1.807, 2.05) is 6.92 Å². The van der Waals surface area contributed by atoms with Crippen LogP contribution in [0.15, 0.2) is 21.2 Å². The molecule has 0 aliphatic rings. The summed E-state index contributed by atoms with van der Waals surface area (Å²) in [5.41, 5.74) is 0. The van der Waals surface area contributed by atoms with E-state index in [0.717, 1.165) is 0 Å². The Hall–Kier alpha value is -0.770. The summed E-state index contributed by atoms with van der Waals surface area (Å²) in [6, 6.07) is 3.41. The predicted octanol–water partition coefficient (Wildman–Crippen LogP) is 2.40. The second-order valence-electron chi connectivity index (χ2n) is 1.87. The van der Waals surface area contributed by atoms with Crippen LogP contribution < -0.4 is 0 Å². The standard InChI is InChI=1S/C7H8BrNO2/c1-2-10-7(9)5-3-4-6(8)11-5/h3-4,9H,2H2,1H3. The average molecular weight is 218 g/mol. The molecule has 0 atom stereocenters. The summed E-state index contributed by atoms with van der Waals surface area (Å²) in [5, 5.41) is 7.31. The number of ether oxygens (including phenoxy) is 1. The van der Waals surface area contributed by atoms with Gasteiger partial charge in [0.25, 0.3) is 0 Å². The molecule has 60 valence electrons. The Morgan fingerprint density at radius 2 is 2.45 bits per heavy atom.